The maximum atomic E-state index is 13.5. The van der Waals surface area contributed by atoms with Gasteiger partial charge >= 0.3 is 0 Å². The minimum absolute atomic E-state index is 0.0400. The first-order valence-electron chi connectivity index (χ1n) is 6.39. The van der Waals surface area contributed by atoms with Crippen molar-refractivity contribution in [2.24, 2.45) is 0 Å². The third-order valence-corrected chi connectivity index (χ3v) is 3.91. The van der Waals surface area contributed by atoms with Crippen LogP contribution in [0.3, 0.4) is 0 Å². The van der Waals surface area contributed by atoms with E-state index in [0.717, 1.165) is 5.75 Å². The lowest BCUT2D eigenvalue weighted by Gasteiger charge is -2.27. The Kier molecular flexibility index (Phi) is 3.78. The third-order valence-electron chi connectivity index (χ3n) is 3.01. The van der Waals surface area contributed by atoms with Gasteiger partial charge in [-0.2, -0.15) is 0 Å². The summed E-state index contributed by atoms with van der Waals surface area (Å²) in [6.07, 6.45) is 0. The summed E-state index contributed by atoms with van der Waals surface area (Å²) in [5.74, 6) is 0.854. The zero-order chi connectivity index (χ0) is 14.8. The quantitative estimate of drug-likeness (QED) is 0.861. The van der Waals surface area contributed by atoms with Crippen LogP contribution < -0.4 is 9.75 Å². The maximum Gasteiger partial charge on any atom is 0.238 e. The Labute approximate surface area is 124 Å². The van der Waals surface area contributed by atoms with Crippen LogP contribution in [0.4, 0.5) is 4.39 Å². The number of carbonyl (C=O) groups excluding carboxylic acids is 1. The summed E-state index contributed by atoms with van der Waals surface area (Å²) in [6.45, 7) is 2.11. The van der Waals surface area contributed by atoms with Crippen molar-refractivity contribution < 1.29 is 13.9 Å². The molecule has 0 fully saturated rings. The molecule has 0 N–H and O–H groups in total. The molecule has 0 aliphatic carbocycles. The van der Waals surface area contributed by atoms with E-state index >= 15 is 0 Å². The third kappa shape index (κ3) is 2.71. The van der Waals surface area contributed by atoms with Crippen LogP contribution in [-0.2, 0) is 11.4 Å². The molecule has 1 amide bonds. The fourth-order valence-electron chi connectivity index (χ4n) is 2.04. The topological polar surface area (TPSA) is 60.3 Å². The number of hydrogen-bond donors (Lipinski definition) is 0. The van der Waals surface area contributed by atoms with Crippen LogP contribution in [-0.4, -0.2) is 33.1 Å². The second-order valence-corrected chi connectivity index (χ2v) is 5.48. The second-order valence-electron chi connectivity index (χ2n) is 4.42. The number of aromatic nitrogens is 3. The number of hydrogen-bond acceptors (Lipinski definition) is 5. The van der Waals surface area contributed by atoms with Gasteiger partial charge in [0.05, 0.1) is 6.54 Å². The maximum absolute atomic E-state index is 13.5. The van der Waals surface area contributed by atoms with Gasteiger partial charge in [0.15, 0.2) is 17.4 Å². The van der Waals surface area contributed by atoms with Gasteiger partial charge in [-0.05, 0) is 12.1 Å². The van der Waals surface area contributed by atoms with Gasteiger partial charge in [-0.1, -0.05) is 23.9 Å². The summed E-state index contributed by atoms with van der Waals surface area (Å²) in [5, 5.41) is 10.3. The molecular weight excluding hydrogens is 295 g/mol. The van der Waals surface area contributed by atoms with Crippen LogP contribution in [0.15, 0.2) is 29.4 Å². The first-order chi connectivity index (χ1) is 10.2. The molecule has 0 radical (unpaired) electrons. The van der Waals surface area contributed by atoms with E-state index in [9.17, 15) is 9.18 Å². The molecule has 6 nitrogen and oxygen atoms in total. The molecule has 1 aromatic heterocycles. The molecule has 8 heteroatoms. The van der Waals surface area contributed by atoms with Crippen LogP contribution in [0.5, 0.6) is 5.75 Å². The van der Waals surface area contributed by atoms with E-state index in [1.165, 1.54) is 24.8 Å². The predicted molar refractivity (Wildman–Crippen MR) is 75.2 cm³/mol. The van der Waals surface area contributed by atoms with E-state index in [-0.39, 0.29) is 18.3 Å². The fraction of sp³-hybridized carbons (Fsp3) is 0.308. The number of thioether (sulfide) groups is 1. The smallest absolute Gasteiger partial charge is 0.238 e. The second kappa shape index (κ2) is 5.72. The highest BCUT2D eigenvalue weighted by atomic mass is 32.2. The van der Waals surface area contributed by atoms with Crippen molar-refractivity contribution in [2.75, 3.05) is 17.3 Å². The molecule has 1 aliphatic rings. The Hall–Kier alpha value is -2.09. The zero-order valence-electron chi connectivity index (χ0n) is 11.3. The normalized spacial score (nSPS) is 13.9. The molecule has 0 atom stereocenters. The number of amides is 1. The van der Waals surface area contributed by atoms with Crippen LogP contribution >= 0.6 is 11.8 Å². The van der Waals surface area contributed by atoms with Crippen molar-refractivity contribution in [3.63, 3.8) is 0 Å². The Balaban J connectivity index is 1.83. The van der Waals surface area contributed by atoms with Gasteiger partial charge in [0.2, 0.25) is 11.1 Å². The number of fused-ring (bicyclic) bond motifs is 1. The highest BCUT2D eigenvalue weighted by molar-refractivity contribution is 7.99. The number of ether oxygens (including phenoxy) is 1. The molecule has 1 aliphatic heterocycles. The molecule has 0 unspecified atom stereocenters. The van der Waals surface area contributed by atoms with Gasteiger partial charge in [-0.3, -0.25) is 4.79 Å². The fourth-order valence-corrected chi connectivity index (χ4v) is 2.92. The molecule has 110 valence electrons. The van der Waals surface area contributed by atoms with Crippen molar-refractivity contribution in [3.8, 4) is 5.75 Å². The summed E-state index contributed by atoms with van der Waals surface area (Å²) in [6, 6.07) is 6.15. The Bertz CT molecular complexity index is 676. The first kappa shape index (κ1) is 13.9. The standard InChI is InChI=1S/C13H13FN4O2S/c1-9(19)17-6-7-21-13-16-15-12(18(13)17)8-20-11-5-3-2-4-10(11)14/h2-5H,6-8H2,1H3. The zero-order valence-corrected chi connectivity index (χ0v) is 12.1. The van der Waals surface area contributed by atoms with Crippen LogP contribution in [0.25, 0.3) is 0 Å². The van der Waals surface area contributed by atoms with Gasteiger partial charge in [0.25, 0.3) is 0 Å². The number of halogens is 1. The van der Waals surface area contributed by atoms with Gasteiger partial charge in [-0.25, -0.2) is 14.1 Å². The van der Waals surface area contributed by atoms with Gasteiger partial charge < -0.3 is 4.74 Å². The van der Waals surface area contributed by atoms with Gasteiger partial charge in [-0.15, -0.1) is 10.2 Å². The molecule has 0 bridgehead atoms. The number of benzene rings is 1. The number of para-hydroxylation sites is 1. The van der Waals surface area contributed by atoms with E-state index < -0.39 is 5.82 Å². The van der Waals surface area contributed by atoms with Crippen LogP contribution in [0.2, 0.25) is 0 Å². The number of nitrogens with zero attached hydrogens (tertiary/aromatic N) is 4. The van der Waals surface area contributed by atoms with Crippen molar-refractivity contribution in [3.05, 3.63) is 35.9 Å². The molecule has 0 spiro atoms. The van der Waals surface area contributed by atoms with Crippen molar-refractivity contribution >= 4 is 17.7 Å². The van der Waals surface area contributed by atoms with E-state index in [1.807, 2.05) is 0 Å². The van der Waals surface area contributed by atoms with E-state index in [1.54, 1.807) is 27.9 Å². The van der Waals surface area contributed by atoms with Crippen molar-refractivity contribution in [1.29, 1.82) is 0 Å². The minimum atomic E-state index is -0.436. The molecule has 0 saturated carbocycles. The monoisotopic (exact) mass is 308 g/mol. The molecule has 3 rings (SSSR count). The van der Waals surface area contributed by atoms with E-state index in [2.05, 4.69) is 10.2 Å². The summed E-state index contributed by atoms with van der Waals surface area (Å²) in [4.78, 5) is 11.7. The summed E-state index contributed by atoms with van der Waals surface area (Å²) in [7, 11) is 0. The van der Waals surface area contributed by atoms with Crippen molar-refractivity contribution in [2.45, 2.75) is 18.7 Å². The lowest BCUT2D eigenvalue weighted by atomic mass is 10.3. The number of carbonyl (C=O) groups is 1. The molecule has 1 aromatic carbocycles. The molecule has 2 aromatic rings. The van der Waals surface area contributed by atoms with Gasteiger partial charge in [0.1, 0.15) is 6.61 Å². The molecule has 21 heavy (non-hydrogen) atoms. The highest BCUT2D eigenvalue weighted by Crippen LogP contribution is 2.23. The first-order valence-corrected chi connectivity index (χ1v) is 7.38. The number of rotatable bonds is 3. The Morgan fingerprint density at radius 2 is 2.24 bits per heavy atom. The molecule has 2 heterocycles. The SMILES string of the molecule is CC(=O)N1CCSc2nnc(COc3ccccc3F)n21. The minimum Gasteiger partial charge on any atom is -0.482 e. The molecule has 0 saturated heterocycles. The predicted octanol–water partition coefficient (Wildman–Crippen LogP) is 1.59. The van der Waals surface area contributed by atoms with Gasteiger partial charge in [0, 0.05) is 12.7 Å². The summed E-state index contributed by atoms with van der Waals surface area (Å²) < 4.78 is 20.6. The highest BCUT2D eigenvalue weighted by Gasteiger charge is 2.25. The lowest BCUT2D eigenvalue weighted by molar-refractivity contribution is -0.118. The Morgan fingerprint density at radius 1 is 1.43 bits per heavy atom. The van der Waals surface area contributed by atoms with E-state index in [4.69, 9.17) is 4.74 Å². The van der Waals surface area contributed by atoms with Crippen LogP contribution in [0, 0.1) is 5.82 Å². The average molecular weight is 308 g/mol. The summed E-state index contributed by atoms with van der Waals surface area (Å²) >= 11 is 1.52. The largest absolute Gasteiger partial charge is 0.482 e. The average Bonchev–Trinajstić information content (AvgIpc) is 2.89. The lowest BCUT2D eigenvalue weighted by Crippen LogP contribution is -2.44. The van der Waals surface area contributed by atoms with Crippen molar-refractivity contribution in [1.82, 2.24) is 14.9 Å². The molecular formula is C13H13FN4O2S. The van der Waals surface area contributed by atoms with Crippen LogP contribution in [0.1, 0.15) is 12.7 Å². The Morgan fingerprint density at radius 3 is 3.00 bits per heavy atom. The summed E-state index contributed by atoms with van der Waals surface area (Å²) in [5.41, 5.74) is 0. The van der Waals surface area contributed by atoms with E-state index in [0.29, 0.717) is 17.5 Å².